The molecule has 0 aliphatic heterocycles. The predicted molar refractivity (Wildman–Crippen MR) is 90.4 cm³/mol. The van der Waals surface area contributed by atoms with Gasteiger partial charge in [-0.05, 0) is 63.1 Å². The Hall–Kier alpha value is -1.12. The average molecular weight is 332 g/mol. The molecular weight excluding hydrogens is 310 g/mol. The molecule has 20 heavy (non-hydrogen) atoms. The fourth-order valence-corrected chi connectivity index (χ4v) is 3.25. The second-order valence-electron chi connectivity index (χ2n) is 5.60. The second kappa shape index (κ2) is 6.11. The largest absolute Gasteiger partial charge is 0.309 e. The lowest BCUT2D eigenvalue weighted by atomic mass is 9.92. The fourth-order valence-electron chi connectivity index (χ4n) is 2.79. The lowest BCUT2D eigenvalue weighted by Gasteiger charge is -2.21. The van der Waals surface area contributed by atoms with Crippen LogP contribution in [-0.2, 0) is 0 Å². The Morgan fingerprint density at radius 2 is 1.45 bits per heavy atom. The maximum atomic E-state index is 3.61. The van der Waals surface area contributed by atoms with Crippen molar-refractivity contribution in [3.8, 4) is 0 Å². The first-order valence-corrected chi connectivity index (χ1v) is 7.73. The Balaban J connectivity index is 2.55. The van der Waals surface area contributed by atoms with Crippen LogP contribution in [0, 0.1) is 27.7 Å². The minimum atomic E-state index is 0.236. The van der Waals surface area contributed by atoms with Gasteiger partial charge in [-0.15, -0.1) is 0 Å². The molecule has 0 fully saturated rings. The molecular formula is C18H22BrN. The number of halogens is 1. The van der Waals surface area contributed by atoms with E-state index in [0.29, 0.717) is 0 Å². The summed E-state index contributed by atoms with van der Waals surface area (Å²) in [5.41, 5.74) is 7.88. The number of benzene rings is 2. The van der Waals surface area contributed by atoms with Crippen molar-refractivity contribution >= 4 is 15.9 Å². The standard InChI is InChI=1S/C18H22BrN/c1-11-6-12(2)8-15(7-11)18(20-5)16-9-14(4)17(19)10-13(16)3/h6-10,18,20H,1-5H3. The van der Waals surface area contributed by atoms with Crippen LogP contribution in [0.2, 0.25) is 0 Å². The maximum Gasteiger partial charge on any atom is 0.0577 e. The summed E-state index contributed by atoms with van der Waals surface area (Å²) in [6.45, 7) is 8.62. The van der Waals surface area contributed by atoms with Crippen molar-refractivity contribution in [2.75, 3.05) is 7.05 Å². The van der Waals surface area contributed by atoms with Crippen LogP contribution >= 0.6 is 15.9 Å². The number of nitrogens with one attached hydrogen (secondary N) is 1. The molecule has 1 N–H and O–H groups in total. The lowest BCUT2D eigenvalue weighted by Crippen LogP contribution is -2.19. The van der Waals surface area contributed by atoms with E-state index < -0.39 is 0 Å². The fraction of sp³-hybridized carbons (Fsp3) is 0.333. The van der Waals surface area contributed by atoms with Crippen LogP contribution in [0.3, 0.4) is 0 Å². The zero-order valence-corrected chi connectivity index (χ0v) is 14.4. The van der Waals surface area contributed by atoms with Crippen molar-refractivity contribution < 1.29 is 0 Å². The Morgan fingerprint density at radius 3 is 2.00 bits per heavy atom. The van der Waals surface area contributed by atoms with E-state index in [2.05, 4.69) is 79.3 Å². The minimum Gasteiger partial charge on any atom is -0.309 e. The van der Waals surface area contributed by atoms with Gasteiger partial charge in [-0.1, -0.05) is 51.3 Å². The first-order valence-electron chi connectivity index (χ1n) is 6.94. The lowest BCUT2D eigenvalue weighted by molar-refractivity contribution is 0.685. The summed E-state index contributed by atoms with van der Waals surface area (Å²) in [5.74, 6) is 0. The summed E-state index contributed by atoms with van der Waals surface area (Å²) in [6, 6.07) is 11.5. The van der Waals surface area contributed by atoms with Gasteiger partial charge in [0.25, 0.3) is 0 Å². The molecule has 0 spiro atoms. The van der Waals surface area contributed by atoms with Gasteiger partial charge in [-0.25, -0.2) is 0 Å². The quantitative estimate of drug-likeness (QED) is 0.835. The van der Waals surface area contributed by atoms with Gasteiger partial charge in [0.15, 0.2) is 0 Å². The molecule has 0 aliphatic carbocycles. The van der Waals surface area contributed by atoms with Crippen molar-refractivity contribution in [2.45, 2.75) is 33.7 Å². The van der Waals surface area contributed by atoms with E-state index in [1.54, 1.807) is 0 Å². The highest BCUT2D eigenvalue weighted by molar-refractivity contribution is 9.10. The molecule has 0 saturated carbocycles. The Labute approximate surface area is 130 Å². The normalized spacial score (nSPS) is 12.5. The van der Waals surface area contributed by atoms with Crippen LogP contribution in [0.25, 0.3) is 0 Å². The molecule has 2 heteroatoms. The average Bonchev–Trinajstić information content (AvgIpc) is 2.35. The third-order valence-electron chi connectivity index (χ3n) is 3.72. The number of hydrogen-bond acceptors (Lipinski definition) is 1. The molecule has 0 heterocycles. The van der Waals surface area contributed by atoms with Crippen molar-refractivity contribution in [3.63, 3.8) is 0 Å². The highest BCUT2D eigenvalue weighted by Crippen LogP contribution is 2.30. The zero-order chi connectivity index (χ0) is 14.9. The number of aryl methyl sites for hydroxylation is 4. The highest BCUT2D eigenvalue weighted by atomic mass is 79.9. The summed E-state index contributed by atoms with van der Waals surface area (Å²) in [5, 5.41) is 3.46. The molecule has 0 amide bonds. The molecule has 0 aromatic heterocycles. The van der Waals surface area contributed by atoms with Crippen LogP contribution in [0.4, 0.5) is 0 Å². The summed E-state index contributed by atoms with van der Waals surface area (Å²) < 4.78 is 1.18. The molecule has 0 radical (unpaired) electrons. The van der Waals surface area contributed by atoms with Crippen LogP contribution in [0.15, 0.2) is 34.8 Å². The van der Waals surface area contributed by atoms with Crippen molar-refractivity contribution in [2.24, 2.45) is 0 Å². The summed E-state index contributed by atoms with van der Waals surface area (Å²) in [4.78, 5) is 0. The van der Waals surface area contributed by atoms with Gasteiger partial charge in [0.05, 0.1) is 6.04 Å². The third-order valence-corrected chi connectivity index (χ3v) is 4.58. The van der Waals surface area contributed by atoms with Crippen LogP contribution in [0.5, 0.6) is 0 Å². The zero-order valence-electron chi connectivity index (χ0n) is 12.8. The molecule has 0 saturated heterocycles. The SMILES string of the molecule is CNC(c1cc(C)cc(C)c1)c1cc(C)c(Br)cc1C. The number of hydrogen-bond donors (Lipinski definition) is 1. The van der Waals surface area contributed by atoms with E-state index in [4.69, 9.17) is 0 Å². The van der Waals surface area contributed by atoms with Crippen molar-refractivity contribution in [3.05, 3.63) is 68.2 Å². The Kier molecular flexibility index (Phi) is 4.66. The molecule has 106 valence electrons. The highest BCUT2D eigenvalue weighted by Gasteiger charge is 2.16. The van der Waals surface area contributed by atoms with Crippen molar-refractivity contribution in [1.29, 1.82) is 0 Å². The topological polar surface area (TPSA) is 12.0 Å². The van der Waals surface area contributed by atoms with Gasteiger partial charge >= 0.3 is 0 Å². The first-order chi connectivity index (χ1) is 9.42. The van der Waals surface area contributed by atoms with Crippen LogP contribution < -0.4 is 5.32 Å². The molecule has 0 aliphatic rings. The summed E-state index contributed by atoms with van der Waals surface area (Å²) in [6.07, 6.45) is 0. The molecule has 0 bridgehead atoms. The first kappa shape index (κ1) is 15.3. The van der Waals surface area contributed by atoms with Crippen molar-refractivity contribution in [1.82, 2.24) is 5.32 Å². The minimum absolute atomic E-state index is 0.236. The van der Waals surface area contributed by atoms with Crippen LogP contribution in [0.1, 0.15) is 39.4 Å². The van der Waals surface area contributed by atoms with E-state index in [0.717, 1.165) is 0 Å². The van der Waals surface area contributed by atoms with Gasteiger partial charge < -0.3 is 5.32 Å². The molecule has 1 nitrogen and oxygen atoms in total. The van der Waals surface area contributed by atoms with Gasteiger partial charge in [0.2, 0.25) is 0 Å². The molecule has 2 aromatic carbocycles. The van der Waals surface area contributed by atoms with Gasteiger partial charge in [0.1, 0.15) is 0 Å². The summed E-state index contributed by atoms with van der Waals surface area (Å²) >= 11 is 3.61. The van der Waals surface area contributed by atoms with E-state index in [9.17, 15) is 0 Å². The van der Waals surface area contributed by atoms with Gasteiger partial charge in [-0.3, -0.25) is 0 Å². The molecule has 2 rings (SSSR count). The molecule has 2 aromatic rings. The smallest absolute Gasteiger partial charge is 0.0577 e. The Morgan fingerprint density at radius 1 is 0.850 bits per heavy atom. The molecule has 1 atom stereocenters. The van der Waals surface area contributed by atoms with E-state index in [-0.39, 0.29) is 6.04 Å². The van der Waals surface area contributed by atoms with Gasteiger partial charge in [-0.2, -0.15) is 0 Å². The number of rotatable bonds is 3. The monoisotopic (exact) mass is 331 g/mol. The van der Waals surface area contributed by atoms with E-state index in [1.807, 2.05) is 7.05 Å². The molecule has 1 unspecified atom stereocenters. The van der Waals surface area contributed by atoms with E-state index >= 15 is 0 Å². The third kappa shape index (κ3) is 3.13. The summed E-state index contributed by atoms with van der Waals surface area (Å²) in [7, 11) is 2.03. The Bertz CT molecular complexity index is 611. The predicted octanol–water partition coefficient (Wildman–Crippen LogP) is 4.99. The van der Waals surface area contributed by atoms with E-state index in [1.165, 1.54) is 37.9 Å². The van der Waals surface area contributed by atoms with Gasteiger partial charge in [0, 0.05) is 4.47 Å². The van der Waals surface area contributed by atoms with Crippen LogP contribution in [-0.4, -0.2) is 7.05 Å². The maximum absolute atomic E-state index is 3.61. The second-order valence-corrected chi connectivity index (χ2v) is 6.46.